The molecule has 0 saturated heterocycles. The average molecular weight is 504 g/mol. The Morgan fingerprint density at radius 2 is 1.65 bits per heavy atom. The molecule has 0 aliphatic rings. The maximum atomic E-state index is 12.6. The highest BCUT2D eigenvalue weighted by Gasteiger charge is 2.32. The Bertz CT molecular complexity index is 1010. The molecule has 2 rings (SSSR count). The zero-order valence-corrected chi connectivity index (χ0v) is 17.3. The van der Waals surface area contributed by atoms with E-state index >= 15 is 0 Å². The number of rotatable bonds is 7. The molecule has 31 heavy (non-hydrogen) atoms. The van der Waals surface area contributed by atoms with Crippen LogP contribution in [-0.4, -0.2) is 31.8 Å². The van der Waals surface area contributed by atoms with Crippen molar-refractivity contribution in [2.75, 3.05) is 11.1 Å². The molecule has 0 aromatic heterocycles. The molecular formula is C16H10F6N2O4S3. The predicted molar refractivity (Wildman–Crippen MR) is 103 cm³/mol. The summed E-state index contributed by atoms with van der Waals surface area (Å²) in [4.78, 5) is 20.9. The highest BCUT2D eigenvalue weighted by Crippen LogP contribution is 2.41. The number of anilines is 1. The van der Waals surface area contributed by atoms with Crippen LogP contribution in [0, 0.1) is 10.1 Å². The molecule has 1 amide bonds. The first-order valence-corrected chi connectivity index (χ1v) is 10.8. The minimum Gasteiger partial charge on any atom is -0.324 e. The second-order valence-electron chi connectivity index (χ2n) is 5.52. The van der Waals surface area contributed by atoms with Gasteiger partial charge in [0.25, 0.3) is 5.69 Å². The lowest BCUT2D eigenvalue weighted by Crippen LogP contribution is -2.20. The van der Waals surface area contributed by atoms with Crippen LogP contribution in [0.25, 0.3) is 0 Å². The highest BCUT2D eigenvalue weighted by molar-refractivity contribution is 8.00. The summed E-state index contributed by atoms with van der Waals surface area (Å²) in [5.74, 6) is -1.87. The van der Waals surface area contributed by atoms with Crippen molar-refractivity contribution in [2.45, 2.75) is 25.7 Å². The number of para-hydroxylation sites is 1. The van der Waals surface area contributed by atoms with Gasteiger partial charge in [-0.1, -0.05) is 12.1 Å². The SMILES string of the molecule is O=C(CS(=O)c1ccc(SC(F)(F)F)cc1[N+](=O)[O-])Nc1ccccc1SC(F)(F)F. The monoisotopic (exact) mass is 504 g/mol. The van der Waals surface area contributed by atoms with E-state index in [1.54, 1.807) is 0 Å². The van der Waals surface area contributed by atoms with E-state index < -0.39 is 77.4 Å². The smallest absolute Gasteiger partial charge is 0.324 e. The first kappa shape index (κ1) is 25.0. The molecule has 1 atom stereocenters. The zero-order chi connectivity index (χ0) is 23.4. The maximum absolute atomic E-state index is 12.6. The van der Waals surface area contributed by atoms with Gasteiger partial charge in [-0.05, 0) is 47.8 Å². The molecule has 2 aromatic carbocycles. The summed E-state index contributed by atoms with van der Waals surface area (Å²) in [5.41, 5.74) is -10.4. The summed E-state index contributed by atoms with van der Waals surface area (Å²) in [6.07, 6.45) is 0. The Morgan fingerprint density at radius 1 is 1.03 bits per heavy atom. The van der Waals surface area contributed by atoms with Crippen LogP contribution in [0.3, 0.4) is 0 Å². The summed E-state index contributed by atoms with van der Waals surface area (Å²) in [6, 6.07) is 7.24. The molecule has 0 saturated carbocycles. The predicted octanol–water partition coefficient (Wildman–Crippen LogP) is 5.56. The van der Waals surface area contributed by atoms with Crippen molar-refractivity contribution in [2.24, 2.45) is 0 Å². The number of amides is 1. The molecule has 1 N–H and O–H groups in total. The second kappa shape index (κ2) is 9.91. The lowest BCUT2D eigenvalue weighted by molar-refractivity contribution is -0.388. The summed E-state index contributed by atoms with van der Waals surface area (Å²) < 4.78 is 87.6. The van der Waals surface area contributed by atoms with Crippen molar-refractivity contribution in [3.05, 3.63) is 52.6 Å². The van der Waals surface area contributed by atoms with Crippen molar-refractivity contribution in [3.63, 3.8) is 0 Å². The third kappa shape index (κ3) is 8.06. The van der Waals surface area contributed by atoms with E-state index in [1.807, 2.05) is 0 Å². The van der Waals surface area contributed by atoms with Crippen LogP contribution in [-0.2, 0) is 15.6 Å². The highest BCUT2D eigenvalue weighted by atomic mass is 32.2. The number of carbonyl (C=O) groups excluding carboxylic acids is 1. The standard InChI is InChI=1S/C16H10F6N2O4S3/c17-15(18,19)29-9-5-6-13(11(7-9)24(26)27)31(28)8-14(25)23-10-3-1-2-4-12(10)30-16(20,21)22/h1-7H,8H2,(H,23,25). The summed E-state index contributed by atoms with van der Waals surface area (Å²) in [6.45, 7) is 0. The molecule has 6 nitrogen and oxygen atoms in total. The number of hydrogen-bond donors (Lipinski definition) is 1. The number of nitro benzene ring substituents is 1. The number of carbonyl (C=O) groups is 1. The van der Waals surface area contributed by atoms with Gasteiger partial charge >= 0.3 is 11.0 Å². The molecule has 1 unspecified atom stereocenters. The molecule has 168 valence electrons. The van der Waals surface area contributed by atoms with E-state index in [9.17, 15) is 45.5 Å². The van der Waals surface area contributed by atoms with Gasteiger partial charge in [-0.15, -0.1) is 0 Å². The molecule has 2 aromatic rings. The molecule has 0 fully saturated rings. The summed E-state index contributed by atoms with van der Waals surface area (Å²) in [7, 11) is -2.35. The minimum absolute atomic E-state index is 0.210. The van der Waals surface area contributed by atoms with Crippen molar-refractivity contribution < 1.29 is 40.3 Å². The number of halogens is 6. The number of thioether (sulfide) groups is 2. The molecule has 0 aliphatic heterocycles. The third-order valence-electron chi connectivity index (χ3n) is 3.25. The Kier molecular flexibility index (Phi) is 7.99. The first-order valence-electron chi connectivity index (χ1n) is 7.82. The van der Waals surface area contributed by atoms with Crippen LogP contribution < -0.4 is 5.32 Å². The Balaban J connectivity index is 2.19. The van der Waals surface area contributed by atoms with Crippen LogP contribution in [0.15, 0.2) is 57.2 Å². The van der Waals surface area contributed by atoms with E-state index in [4.69, 9.17) is 0 Å². The van der Waals surface area contributed by atoms with E-state index in [-0.39, 0.29) is 10.6 Å². The molecule has 0 spiro atoms. The fourth-order valence-corrected chi connectivity index (χ4v) is 4.45. The number of benzene rings is 2. The number of nitrogens with zero attached hydrogens (tertiary/aromatic N) is 1. The van der Waals surface area contributed by atoms with Crippen LogP contribution in [0.2, 0.25) is 0 Å². The molecule has 0 bridgehead atoms. The molecular weight excluding hydrogens is 494 g/mol. The summed E-state index contributed by atoms with van der Waals surface area (Å²) in [5, 5.41) is 13.3. The average Bonchev–Trinajstić information content (AvgIpc) is 2.60. The van der Waals surface area contributed by atoms with Gasteiger partial charge in [-0.2, -0.15) is 26.3 Å². The summed E-state index contributed by atoms with van der Waals surface area (Å²) >= 11 is -1.08. The molecule has 0 aliphatic carbocycles. The number of nitro groups is 1. The van der Waals surface area contributed by atoms with Gasteiger partial charge in [0.2, 0.25) is 5.91 Å². The third-order valence-corrected chi connectivity index (χ3v) is 6.14. The number of alkyl halides is 6. The van der Waals surface area contributed by atoms with Gasteiger partial charge < -0.3 is 5.32 Å². The molecule has 15 heteroatoms. The Hall–Kier alpha value is -2.26. The fourth-order valence-electron chi connectivity index (χ4n) is 2.20. The van der Waals surface area contributed by atoms with Crippen molar-refractivity contribution >= 4 is 51.6 Å². The Morgan fingerprint density at radius 3 is 2.23 bits per heavy atom. The van der Waals surface area contributed by atoms with Crippen molar-refractivity contribution in [1.82, 2.24) is 0 Å². The zero-order valence-electron chi connectivity index (χ0n) is 14.8. The maximum Gasteiger partial charge on any atom is 0.446 e. The molecule has 0 radical (unpaired) electrons. The Labute approximate surface area is 181 Å². The van der Waals surface area contributed by atoms with Gasteiger partial charge in [0, 0.05) is 15.9 Å². The molecule has 0 heterocycles. The lowest BCUT2D eigenvalue weighted by Gasteiger charge is -2.12. The fraction of sp³-hybridized carbons (Fsp3) is 0.188. The minimum atomic E-state index is -4.70. The van der Waals surface area contributed by atoms with Crippen LogP contribution in [0.5, 0.6) is 0 Å². The lowest BCUT2D eigenvalue weighted by atomic mass is 10.3. The number of hydrogen-bond acceptors (Lipinski definition) is 6. The van der Waals surface area contributed by atoms with E-state index in [0.717, 1.165) is 18.2 Å². The topological polar surface area (TPSA) is 89.3 Å². The normalized spacial score (nSPS) is 13.0. The van der Waals surface area contributed by atoms with E-state index in [1.165, 1.54) is 18.2 Å². The van der Waals surface area contributed by atoms with Gasteiger partial charge in [0.15, 0.2) is 0 Å². The van der Waals surface area contributed by atoms with E-state index in [0.29, 0.717) is 6.07 Å². The second-order valence-corrected chi connectivity index (χ2v) is 9.18. The van der Waals surface area contributed by atoms with Crippen molar-refractivity contribution in [1.29, 1.82) is 0 Å². The van der Waals surface area contributed by atoms with Crippen molar-refractivity contribution in [3.8, 4) is 0 Å². The number of nitrogens with one attached hydrogen (secondary N) is 1. The van der Waals surface area contributed by atoms with Crippen LogP contribution in [0.4, 0.5) is 37.7 Å². The van der Waals surface area contributed by atoms with Crippen LogP contribution in [0.1, 0.15) is 0 Å². The van der Waals surface area contributed by atoms with Gasteiger partial charge in [0.1, 0.15) is 10.6 Å². The van der Waals surface area contributed by atoms with Gasteiger partial charge in [-0.3, -0.25) is 19.1 Å². The first-order chi connectivity index (χ1) is 14.2. The van der Waals surface area contributed by atoms with Crippen LogP contribution >= 0.6 is 23.5 Å². The quantitative estimate of drug-likeness (QED) is 0.230. The van der Waals surface area contributed by atoms with Gasteiger partial charge in [-0.25, -0.2) is 0 Å². The van der Waals surface area contributed by atoms with Gasteiger partial charge in [0.05, 0.1) is 21.4 Å². The largest absolute Gasteiger partial charge is 0.446 e. The van der Waals surface area contributed by atoms with E-state index in [2.05, 4.69) is 5.32 Å².